The summed E-state index contributed by atoms with van der Waals surface area (Å²) in [6.07, 6.45) is 23.0. The van der Waals surface area contributed by atoms with Crippen molar-refractivity contribution in [1.82, 2.24) is 4.90 Å². The van der Waals surface area contributed by atoms with Crippen LogP contribution >= 0.6 is 0 Å². The van der Waals surface area contributed by atoms with Gasteiger partial charge in [-0.15, -0.1) is 0 Å². The van der Waals surface area contributed by atoms with E-state index in [9.17, 15) is 4.79 Å². The molecule has 6 fully saturated rings. The molecule has 164 valence electrons. The second-order valence-corrected chi connectivity index (χ2v) is 12.2. The minimum Gasteiger partial charge on any atom is -0.303 e. The Labute approximate surface area is 179 Å². The van der Waals surface area contributed by atoms with Gasteiger partial charge in [-0.2, -0.15) is 0 Å². The Morgan fingerprint density at radius 1 is 0.793 bits per heavy atom. The molecule has 4 bridgehead atoms. The maximum atomic E-state index is 12.7. The highest BCUT2D eigenvalue weighted by Crippen LogP contribution is 2.61. The Balaban J connectivity index is 0.947. The Hall–Kier alpha value is -0.370. The Kier molecular flexibility index (Phi) is 6.38. The molecule has 1 aliphatic heterocycles. The predicted octanol–water partition coefficient (Wildman–Crippen LogP) is 6.62. The first kappa shape index (κ1) is 20.5. The number of carbonyl (C=O) groups is 1. The summed E-state index contributed by atoms with van der Waals surface area (Å²) in [7, 11) is 0. The van der Waals surface area contributed by atoms with Gasteiger partial charge in [0.2, 0.25) is 0 Å². The molecule has 0 spiro atoms. The zero-order chi connectivity index (χ0) is 19.7. The van der Waals surface area contributed by atoms with Gasteiger partial charge in [0.1, 0.15) is 5.78 Å². The third-order valence-corrected chi connectivity index (χ3v) is 9.79. The third-order valence-electron chi connectivity index (χ3n) is 9.79. The SMILES string of the molecule is O=C(CCCCCCN1CCC2CCCCC2C1)CC12CC3CC(CC(C3)C1)C2. The van der Waals surface area contributed by atoms with E-state index in [1.807, 2.05) is 0 Å². The molecule has 5 saturated carbocycles. The zero-order valence-corrected chi connectivity index (χ0v) is 18.9. The molecule has 6 aliphatic rings. The highest BCUT2D eigenvalue weighted by atomic mass is 16.1. The van der Waals surface area contributed by atoms with Crippen LogP contribution in [0.5, 0.6) is 0 Å². The van der Waals surface area contributed by atoms with E-state index in [4.69, 9.17) is 0 Å². The van der Waals surface area contributed by atoms with Gasteiger partial charge in [0.15, 0.2) is 0 Å². The molecule has 0 aromatic rings. The Morgan fingerprint density at radius 3 is 2.17 bits per heavy atom. The molecule has 1 heterocycles. The average Bonchev–Trinajstić information content (AvgIpc) is 2.69. The second kappa shape index (κ2) is 9.01. The predicted molar refractivity (Wildman–Crippen MR) is 120 cm³/mol. The zero-order valence-electron chi connectivity index (χ0n) is 18.9. The molecule has 5 aliphatic carbocycles. The lowest BCUT2D eigenvalue weighted by molar-refractivity contribution is -0.127. The Morgan fingerprint density at radius 2 is 1.45 bits per heavy atom. The van der Waals surface area contributed by atoms with Crippen LogP contribution in [0.3, 0.4) is 0 Å². The molecule has 2 unspecified atom stereocenters. The van der Waals surface area contributed by atoms with E-state index >= 15 is 0 Å². The number of carbonyl (C=O) groups excluding carboxylic acids is 1. The van der Waals surface area contributed by atoms with Crippen LogP contribution < -0.4 is 0 Å². The molecular weight excluding hydrogens is 354 g/mol. The molecule has 2 nitrogen and oxygen atoms in total. The minimum atomic E-state index is 0.455. The molecule has 1 saturated heterocycles. The van der Waals surface area contributed by atoms with Crippen LogP contribution in [0.2, 0.25) is 0 Å². The van der Waals surface area contributed by atoms with E-state index < -0.39 is 0 Å². The normalized spacial score (nSPS) is 41.4. The van der Waals surface area contributed by atoms with E-state index in [0.29, 0.717) is 11.2 Å². The van der Waals surface area contributed by atoms with E-state index in [2.05, 4.69) is 4.90 Å². The topological polar surface area (TPSA) is 20.3 Å². The van der Waals surface area contributed by atoms with Crippen LogP contribution in [0.1, 0.15) is 109 Å². The van der Waals surface area contributed by atoms with Gasteiger partial charge in [0.25, 0.3) is 0 Å². The van der Waals surface area contributed by atoms with Crippen molar-refractivity contribution < 1.29 is 4.79 Å². The molecule has 2 heteroatoms. The fourth-order valence-corrected chi connectivity index (χ4v) is 8.90. The third kappa shape index (κ3) is 4.94. The van der Waals surface area contributed by atoms with Crippen LogP contribution in [-0.4, -0.2) is 30.3 Å². The summed E-state index contributed by atoms with van der Waals surface area (Å²) in [6.45, 7) is 4.05. The number of likely N-dealkylation sites (tertiary alicyclic amines) is 1. The first-order chi connectivity index (χ1) is 14.2. The van der Waals surface area contributed by atoms with Crippen LogP contribution in [0, 0.1) is 35.0 Å². The lowest BCUT2D eigenvalue weighted by Gasteiger charge is -2.56. The summed E-state index contributed by atoms with van der Waals surface area (Å²) in [5.41, 5.74) is 0.455. The van der Waals surface area contributed by atoms with Crippen molar-refractivity contribution in [3.63, 3.8) is 0 Å². The summed E-state index contributed by atoms with van der Waals surface area (Å²) in [6, 6.07) is 0. The number of Topliss-reactive ketones (excluding diaryl/α,β-unsaturated/α-hetero) is 1. The van der Waals surface area contributed by atoms with Crippen LogP contribution in [-0.2, 0) is 4.79 Å². The van der Waals surface area contributed by atoms with Gasteiger partial charge in [-0.1, -0.05) is 32.1 Å². The van der Waals surface area contributed by atoms with Crippen molar-refractivity contribution in [2.45, 2.75) is 109 Å². The fraction of sp³-hybridized carbons (Fsp3) is 0.963. The number of hydrogen-bond acceptors (Lipinski definition) is 2. The number of rotatable bonds is 9. The van der Waals surface area contributed by atoms with Gasteiger partial charge < -0.3 is 4.90 Å². The van der Waals surface area contributed by atoms with E-state index in [1.54, 1.807) is 0 Å². The maximum absolute atomic E-state index is 12.7. The number of hydrogen-bond donors (Lipinski definition) is 0. The molecule has 0 aromatic heterocycles. The lowest BCUT2D eigenvalue weighted by Crippen LogP contribution is -2.46. The summed E-state index contributed by atoms with van der Waals surface area (Å²) in [5, 5.41) is 0. The average molecular weight is 400 g/mol. The van der Waals surface area contributed by atoms with Crippen molar-refractivity contribution >= 4 is 5.78 Å². The van der Waals surface area contributed by atoms with Crippen molar-refractivity contribution in [3.8, 4) is 0 Å². The van der Waals surface area contributed by atoms with Crippen molar-refractivity contribution in [2.24, 2.45) is 35.0 Å². The Bertz CT molecular complexity index is 534. The molecular formula is C27H45NO. The number of piperidine rings is 1. The first-order valence-electron chi connectivity index (χ1n) is 13.4. The number of unbranched alkanes of at least 4 members (excludes halogenated alkanes) is 3. The largest absolute Gasteiger partial charge is 0.303 e. The monoisotopic (exact) mass is 399 g/mol. The van der Waals surface area contributed by atoms with Gasteiger partial charge in [-0.25, -0.2) is 0 Å². The molecule has 0 aromatic carbocycles. The van der Waals surface area contributed by atoms with Crippen LogP contribution in [0.4, 0.5) is 0 Å². The van der Waals surface area contributed by atoms with Gasteiger partial charge in [0, 0.05) is 19.4 Å². The van der Waals surface area contributed by atoms with Gasteiger partial charge in [0.05, 0.1) is 0 Å². The van der Waals surface area contributed by atoms with Crippen molar-refractivity contribution in [2.75, 3.05) is 19.6 Å². The molecule has 0 radical (unpaired) electrons. The summed E-state index contributed by atoms with van der Waals surface area (Å²) in [4.78, 5) is 15.5. The standard InChI is InChI=1S/C27H45NO/c29-26(19-27-16-21-13-22(17-27)15-23(14-21)18-27)9-3-1-2-6-11-28-12-10-24-7-4-5-8-25(24)20-28/h21-25H,1-20H2. The summed E-state index contributed by atoms with van der Waals surface area (Å²) < 4.78 is 0. The quantitative estimate of drug-likeness (QED) is 0.406. The van der Waals surface area contributed by atoms with Gasteiger partial charge >= 0.3 is 0 Å². The first-order valence-corrected chi connectivity index (χ1v) is 13.4. The maximum Gasteiger partial charge on any atom is 0.133 e. The minimum absolute atomic E-state index is 0.455. The van der Waals surface area contributed by atoms with Gasteiger partial charge in [-0.3, -0.25) is 4.79 Å². The highest BCUT2D eigenvalue weighted by molar-refractivity contribution is 5.79. The van der Waals surface area contributed by atoms with Crippen LogP contribution in [0.15, 0.2) is 0 Å². The summed E-state index contributed by atoms with van der Waals surface area (Å²) in [5.74, 6) is 5.61. The van der Waals surface area contributed by atoms with E-state index in [0.717, 1.165) is 48.9 Å². The highest BCUT2D eigenvalue weighted by Gasteiger charge is 2.51. The number of ketones is 1. The fourth-order valence-electron chi connectivity index (χ4n) is 8.90. The molecule has 6 rings (SSSR count). The van der Waals surface area contributed by atoms with Crippen molar-refractivity contribution in [1.29, 1.82) is 0 Å². The van der Waals surface area contributed by atoms with Gasteiger partial charge in [-0.05, 0) is 112 Å². The molecule has 29 heavy (non-hydrogen) atoms. The number of nitrogens with zero attached hydrogens (tertiary/aromatic N) is 1. The molecule has 0 N–H and O–H groups in total. The molecule has 2 atom stereocenters. The number of fused-ring (bicyclic) bond motifs is 1. The molecule has 0 amide bonds. The van der Waals surface area contributed by atoms with Crippen LogP contribution in [0.25, 0.3) is 0 Å². The van der Waals surface area contributed by atoms with E-state index in [1.165, 1.54) is 110 Å². The smallest absolute Gasteiger partial charge is 0.133 e. The lowest BCUT2D eigenvalue weighted by atomic mass is 9.48. The second-order valence-electron chi connectivity index (χ2n) is 12.2. The van der Waals surface area contributed by atoms with E-state index in [-0.39, 0.29) is 0 Å². The van der Waals surface area contributed by atoms with Crippen molar-refractivity contribution in [3.05, 3.63) is 0 Å². The summed E-state index contributed by atoms with van der Waals surface area (Å²) >= 11 is 0.